The second kappa shape index (κ2) is 6.27. The standard InChI is InChI=1S/C16H17N7O2/c1-17-13-8-12-20-11-4-2-5-14(21-11)25-7-3-6-18-16(24)10-9-19-23(13)15(10)22-12/h2,4-5,8-9,17H,3,6-7H2,1H3,(H,18,24)(H,20,21,22). The molecule has 0 aliphatic carbocycles. The molecule has 25 heavy (non-hydrogen) atoms. The van der Waals surface area contributed by atoms with E-state index in [9.17, 15) is 4.79 Å². The molecule has 0 saturated heterocycles. The van der Waals surface area contributed by atoms with Gasteiger partial charge in [-0.2, -0.15) is 14.6 Å². The molecule has 1 amide bonds. The van der Waals surface area contributed by atoms with Crippen LogP contribution in [0, 0.1) is 0 Å². The highest BCUT2D eigenvalue weighted by Crippen LogP contribution is 2.22. The van der Waals surface area contributed by atoms with Crippen molar-refractivity contribution in [3.8, 4) is 5.88 Å². The Morgan fingerprint density at radius 3 is 3.08 bits per heavy atom. The molecular weight excluding hydrogens is 322 g/mol. The van der Waals surface area contributed by atoms with Crippen LogP contribution >= 0.6 is 0 Å². The first-order valence-corrected chi connectivity index (χ1v) is 7.96. The molecule has 0 spiro atoms. The van der Waals surface area contributed by atoms with Gasteiger partial charge in [-0.15, -0.1) is 0 Å². The molecule has 3 aromatic heterocycles. The van der Waals surface area contributed by atoms with Crippen molar-refractivity contribution in [3.63, 3.8) is 0 Å². The number of fused-ring (bicyclic) bond motifs is 3. The molecule has 0 atom stereocenters. The van der Waals surface area contributed by atoms with Crippen molar-refractivity contribution in [1.29, 1.82) is 0 Å². The largest absolute Gasteiger partial charge is 0.478 e. The van der Waals surface area contributed by atoms with Gasteiger partial charge in [-0.25, -0.2) is 4.98 Å². The summed E-state index contributed by atoms with van der Waals surface area (Å²) in [6.45, 7) is 0.959. The number of nitrogens with zero attached hydrogens (tertiary/aromatic N) is 4. The number of rotatable bonds is 1. The van der Waals surface area contributed by atoms with Crippen molar-refractivity contribution < 1.29 is 9.53 Å². The second-order valence-corrected chi connectivity index (χ2v) is 5.51. The van der Waals surface area contributed by atoms with Crippen LogP contribution in [0.15, 0.2) is 30.5 Å². The van der Waals surface area contributed by atoms with Gasteiger partial charge in [0.2, 0.25) is 5.88 Å². The minimum atomic E-state index is -0.213. The van der Waals surface area contributed by atoms with E-state index in [1.807, 2.05) is 12.1 Å². The van der Waals surface area contributed by atoms with Crippen LogP contribution in [0.4, 0.5) is 17.5 Å². The third-order valence-corrected chi connectivity index (χ3v) is 3.81. The summed E-state index contributed by atoms with van der Waals surface area (Å²) in [4.78, 5) is 21.4. The van der Waals surface area contributed by atoms with Crippen LogP contribution in [0.2, 0.25) is 0 Å². The number of ether oxygens (including phenoxy) is 1. The van der Waals surface area contributed by atoms with Gasteiger partial charge < -0.3 is 20.7 Å². The van der Waals surface area contributed by atoms with Crippen LogP contribution in [-0.4, -0.2) is 45.7 Å². The fourth-order valence-corrected chi connectivity index (χ4v) is 2.61. The Hall–Kier alpha value is -3.36. The predicted molar refractivity (Wildman–Crippen MR) is 92.5 cm³/mol. The number of pyridine rings is 1. The molecule has 3 N–H and O–H groups in total. The molecule has 1 aliphatic heterocycles. The van der Waals surface area contributed by atoms with Crippen LogP contribution in [-0.2, 0) is 0 Å². The lowest BCUT2D eigenvalue weighted by Gasteiger charge is -2.12. The summed E-state index contributed by atoms with van der Waals surface area (Å²) in [5.74, 6) is 2.17. The summed E-state index contributed by atoms with van der Waals surface area (Å²) in [5.41, 5.74) is 0.885. The van der Waals surface area contributed by atoms with Crippen molar-refractivity contribution in [2.24, 2.45) is 0 Å². The van der Waals surface area contributed by atoms with E-state index in [2.05, 4.69) is 31.0 Å². The van der Waals surface area contributed by atoms with E-state index in [4.69, 9.17) is 4.74 Å². The lowest BCUT2D eigenvalue weighted by atomic mass is 10.3. The maximum Gasteiger partial charge on any atom is 0.256 e. The van der Waals surface area contributed by atoms with Gasteiger partial charge in [0.15, 0.2) is 5.65 Å². The minimum Gasteiger partial charge on any atom is -0.478 e. The molecule has 9 nitrogen and oxygen atoms in total. The van der Waals surface area contributed by atoms with Crippen LogP contribution in [0.5, 0.6) is 5.88 Å². The summed E-state index contributed by atoms with van der Waals surface area (Å²) in [6.07, 6.45) is 2.19. The van der Waals surface area contributed by atoms with Gasteiger partial charge in [0.05, 0.1) is 12.8 Å². The highest BCUT2D eigenvalue weighted by atomic mass is 16.5. The van der Waals surface area contributed by atoms with Gasteiger partial charge in [0, 0.05) is 25.7 Å². The number of anilines is 3. The van der Waals surface area contributed by atoms with E-state index < -0.39 is 0 Å². The van der Waals surface area contributed by atoms with Gasteiger partial charge in [0.25, 0.3) is 5.91 Å². The predicted octanol–water partition coefficient (Wildman–Crippen LogP) is 1.42. The first-order valence-electron chi connectivity index (χ1n) is 7.96. The Morgan fingerprint density at radius 2 is 2.20 bits per heavy atom. The number of carbonyl (C=O) groups excluding carboxylic acids is 1. The highest BCUT2D eigenvalue weighted by Gasteiger charge is 2.17. The van der Waals surface area contributed by atoms with Crippen LogP contribution in [0.25, 0.3) is 5.65 Å². The average Bonchev–Trinajstić information content (AvgIpc) is 3.04. The molecule has 128 valence electrons. The summed E-state index contributed by atoms with van der Waals surface area (Å²) < 4.78 is 7.21. The lowest BCUT2D eigenvalue weighted by Crippen LogP contribution is -2.25. The first kappa shape index (κ1) is 15.2. The van der Waals surface area contributed by atoms with Crippen LogP contribution in [0.1, 0.15) is 16.8 Å². The summed E-state index contributed by atoms with van der Waals surface area (Å²) in [7, 11) is 1.78. The lowest BCUT2D eigenvalue weighted by molar-refractivity contribution is 0.0953. The van der Waals surface area contributed by atoms with Crippen LogP contribution < -0.4 is 20.7 Å². The van der Waals surface area contributed by atoms with E-state index in [0.29, 0.717) is 54.1 Å². The SMILES string of the molecule is CNc1cc2nc3c(cnn13)C(=O)NCCCOc1cccc(n1)N2. The monoisotopic (exact) mass is 339 g/mol. The topological polar surface area (TPSA) is 105 Å². The molecule has 0 saturated carbocycles. The van der Waals surface area contributed by atoms with Gasteiger partial charge >= 0.3 is 0 Å². The zero-order valence-electron chi connectivity index (χ0n) is 13.6. The number of amides is 1. The van der Waals surface area contributed by atoms with Crippen molar-refractivity contribution in [3.05, 3.63) is 36.0 Å². The van der Waals surface area contributed by atoms with E-state index in [1.165, 1.54) is 6.20 Å². The second-order valence-electron chi connectivity index (χ2n) is 5.51. The third-order valence-electron chi connectivity index (χ3n) is 3.81. The fraction of sp³-hybridized carbons (Fsp3) is 0.250. The quantitative estimate of drug-likeness (QED) is 0.616. The zero-order valence-corrected chi connectivity index (χ0v) is 13.6. The first-order chi connectivity index (χ1) is 12.2. The smallest absolute Gasteiger partial charge is 0.256 e. The summed E-state index contributed by atoms with van der Waals surface area (Å²) in [6, 6.07) is 7.27. The van der Waals surface area contributed by atoms with E-state index >= 15 is 0 Å². The molecule has 3 aromatic rings. The molecule has 0 radical (unpaired) electrons. The minimum absolute atomic E-state index is 0.213. The van der Waals surface area contributed by atoms with Crippen molar-refractivity contribution >= 4 is 29.0 Å². The molecule has 4 heterocycles. The summed E-state index contributed by atoms with van der Waals surface area (Å²) in [5, 5.41) is 13.3. The third kappa shape index (κ3) is 2.91. The Kier molecular flexibility index (Phi) is 3.81. The van der Waals surface area contributed by atoms with Gasteiger partial charge in [-0.1, -0.05) is 6.07 Å². The molecule has 4 bridgehead atoms. The van der Waals surface area contributed by atoms with Crippen LogP contribution in [0.3, 0.4) is 0 Å². The number of nitrogens with one attached hydrogen (secondary N) is 3. The van der Waals surface area contributed by atoms with Crippen molar-refractivity contribution in [2.75, 3.05) is 30.8 Å². The Morgan fingerprint density at radius 1 is 1.28 bits per heavy atom. The highest BCUT2D eigenvalue weighted by molar-refractivity contribution is 6.00. The number of carbonyl (C=O) groups is 1. The molecule has 1 aliphatic rings. The maximum absolute atomic E-state index is 12.4. The Bertz CT molecular complexity index is 937. The van der Waals surface area contributed by atoms with Crippen molar-refractivity contribution in [2.45, 2.75) is 6.42 Å². The zero-order chi connectivity index (χ0) is 17.2. The molecule has 0 unspecified atom stereocenters. The maximum atomic E-state index is 12.4. The summed E-state index contributed by atoms with van der Waals surface area (Å²) >= 11 is 0. The Labute approximate surface area is 143 Å². The normalized spacial score (nSPS) is 14.4. The van der Waals surface area contributed by atoms with Crippen molar-refractivity contribution in [1.82, 2.24) is 24.9 Å². The molecule has 4 rings (SSSR count). The van der Waals surface area contributed by atoms with E-state index in [-0.39, 0.29) is 5.91 Å². The molecule has 9 heteroatoms. The Balaban J connectivity index is 1.85. The number of hydrogen-bond acceptors (Lipinski definition) is 7. The van der Waals surface area contributed by atoms with E-state index in [1.54, 1.807) is 23.7 Å². The average molecular weight is 339 g/mol. The van der Waals surface area contributed by atoms with E-state index in [0.717, 1.165) is 0 Å². The van der Waals surface area contributed by atoms with Gasteiger partial charge in [-0.3, -0.25) is 4.79 Å². The number of hydrogen-bond donors (Lipinski definition) is 3. The van der Waals surface area contributed by atoms with Gasteiger partial charge in [0.1, 0.15) is 23.0 Å². The number of aromatic nitrogens is 4. The molecule has 0 fully saturated rings. The molecule has 0 aromatic carbocycles. The fourth-order valence-electron chi connectivity index (χ4n) is 2.61. The van der Waals surface area contributed by atoms with Gasteiger partial charge in [-0.05, 0) is 12.5 Å². The molecular formula is C16H17N7O2.